The van der Waals surface area contributed by atoms with Crippen LogP contribution in [0.2, 0.25) is 0 Å². The minimum Gasteiger partial charge on any atom is -0.512 e. The van der Waals surface area contributed by atoms with Gasteiger partial charge in [0, 0.05) is 38.0 Å². The fraction of sp³-hybridized carbons (Fsp3) is 0.304. The minimum absolute atomic E-state index is 0. The van der Waals surface area contributed by atoms with E-state index in [-0.39, 0.29) is 48.9 Å². The van der Waals surface area contributed by atoms with Gasteiger partial charge in [0.2, 0.25) is 0 Å². The fourth-order valence-electron chi connectivity index (χ4n) is 6.51. The van der Waals surface area contributed by atoms with E-state index in [4.69, 9.17) is 4.98 Å². The predicted molar refractivity (Wildman–Crippen MR) is 214 cm³/mol. The molecule has 0 amide bonds. The van der Waals surface area contributed by atoms with Crippen molar-refractivity contribution in [2.24, 2.45) is 11.8 Å². The molecule has 0 aliphatic rings. The summed E-state index contributed by atoms with van der Waals surface area (Å²) in [6.07, 6.45) is 4.91. The van der Waals surface area contributed by atoms with E-state index in [1.54, 1.807) is 0 Å². The van der Waals surface area contributed by atoms with Gasteiger partial charge in [0.25, 0.3) is 0 Å². The van der Waals surface area contributed by atoms with Crippen LogP contribution in [0, 0.1) is 17.9 Å². The summed E-state index contributed by atoms with van der Waals surface area (Å²) in [5, 5.41) is 12.2. The van der Waals surface area contributed by atoms with Gasteiger partial charge in [-0.25, -0.2) is 0 Å². The summed E-state index contributed by atoms with van der Waals surface area (Å²) in [4.78, 5) is 16.9. The van der Waals surface area contributed by atoms with Crippen molar-refractivity contribution >= 4 is 45.9 Å². The molecule has 0 unspecified atom stereocenters. The van der Waals surface area contributed by atoms with Gasteiger partial charge in [0.1, 0.15) is 0 Å². The molecule has 0 aliphatic heterocycles. The zero-order valence-electron chi connectivity index (χ0n) is 30.9. The molecular formula is C46H50IrNO2Te-. The molecule has 0 atom stereocenters. The predicted octanol–water partition coefficient (Wildman–Crippen LogP) is 12.4. The zero-order valence-corrected chi connectivity index (χ0v) is 35.6. The van der Waals surface area contributed by atoms with Crippen molar-refractivity contribution in [2.75, 3.05) is 0 Å². The maximum Gasteiger partial charge on any atom is 0.162 e. The number of rotatable bonds is 10. The number of hydrogen-bond donors (Lipinski definition) is 1. The van der Waals surface area contributed by atoms with Crippen LogP contribution in [0.15, 0.2) is 115 Å². The SMILES string of the molecule is CC(C)(C)c1cc(-c2nc3cccc(-c4ccc(-c5ccccc5)cc4)c3[te]2)[c-]c2ccccc12.CCC(CC)C(=O)/C=C(\O)C(CC)CC.[Ir]. The maximum absolute atomic E-state index is 11.7. The van der Waals surface area contributed by atoms with E-state index in [9.17, 15) is 9.90 Å². The quantitative estimate of drug-likeness (QED) is 0.0644. The summed E-state index contributed by atoms with van der Waals surface area (Å²) in [6.45, 7) is 14.9. The van der Waals surface area contributed by atoms with E-state index in [1.165, 1.54) is 51.8 Å². The number of carbonyl (C=O) groups is 1. The number of hydrogen-bond acceptors (Lipinski definition) is 3. The number of aliphatic hydroxyl groups excluding tert-OH is 1. The minimum atomic E-state index is -0.634. The van der Waals surface area contributed by atoms with Gasteiger partial charge in [-0.2, -0.15) is 0 Å². The maximum atomic E-state index is 11.7. The molecule has 0 aliphatic carbocycles. The molecule has 1 radical (unpaired) electrons. The average Bonchev–Trinajstić information content (AvgIpc) is 3.57. The summed E-state index contributed by atoms with van der Waals surface area (Å²) >= 11 is -0.634. The molecule has 3 nitrogen and oxygen atoms in total. The van der Waals surface area contributed by atoms with Crippen LogP contribution in [-0.4, -0.2) is 36.3 Å². The smallest absolute Gasteiger partial charge is 0.162 e. The van der Waals surface area contributed by atoms with E-state index in [2.05, 4.69) is 130 Å². The Morgan fingerprint density at radius 1 is 0.765 bits per heavy atom. The second-order valence-electron chi connectivity index (χ2n) is 14.0. The van der Waals surface area contributed by atoms with Gasteiger partial charge >= 0.3 is 218 Å². The first-order valence-corrected chi connectivity index (χ1v) is 20.4. The van der Waals surface area contributed by atoms with Crippen LogP contribution in [0.25, 0.3) is 51.2 Å². The molecule has 5 heteroatoms. The molecule has 6 aromatic rings. The van der Waals surface area contributed by atoms with Crippen LogP contribution in [-0.2, 0) is 30.3 Å². The summed E-state index contributed by atoms with van der Waals surface area (Å²) in [6, 6.07) is 40.8. The number of carbonyl (C=O) groups excluding carboxylic acids is 1. The Balaban J connectivity index is 0.000000312. The third-order valence-electron chi connectivity index (χ3n) is 9.61. The van der Waals surface area contributed by atoms with Crippen molar-refractivity contribution in [3.8, 4) is 31.5 Å². The standard InChI is InChI=1S/C33H26NTe.C13H24O2.Ir/c1-33(2,3)29-21-26(20-25-12-7-8-13-27(25)29)32-34-30-15-9-14-28(31(30)35-32)24-18-16-23(17-19-24)22-10-5-4-6-11-22;1-5-10(6-2)12(14)9-13(15)11(7-3)8-4;/h4-19,21H,1-3H3;9-11,14H,5-8H2,1-4H3;/q-1;;/b;12-9-;. The first-order chi connectivity index (χ1) is 24.1. The zero-order chi connectivity index (χ0) is 35.8. The molecule has 0 bridgehead atoms. The average molecular weight is 969 g/mol. The van der Waals surface area contributed by atoms with Gasteiger partial charge in [0.05, 0.1) is 5.76 Å². The normalized spacial score (nSPS) is 11.8. The van der Waals surface area contributed by atoms with Crippen LogP contribution in [0.3, 0.4) is 0 Å². The van der Waals surface area contributed by atoms with Crippen molar-refractivity contribution in [2.45, 2.75) is 79.6 Å². The van der Waals surface area contributed by atoms with E-state index in [1.807, 2.05) is 27.7 Å². The van der Waals surface area contributed by atoms with Crippen LogP contribution in [0.4, 0.5) is 0 Å². The molecule has 1 N–H and O–H groups in total. The van der Waals surface area contributed by atoms with Gasteiger partial charge in [-0.15, -0.1) is 0 Å². The number of aliphatic hydroxyl groups is 1. The van der Waals surface area contributed by atoms with Crippen molar-refractivity contribution in [3.63, 3.8) is 0 Å². The third kappa shape index (κ3) is 9.77. The Labute approximate surface area is 328 Å². The van der Waals surface area contributed by atoms with E-state index < -0.39 is 20.4 Å². The van der Waals surface area contributed by atoms with Gasteiger partial charge in [0.15, 0.2) is 5.78 Å². The van der Waals surface area contributed by atoms with Gasteiger partial charge in [-0.05, 0) is 25.7 Å². The Hall–Kier alpha value is -3.32. The van der Waals surface area contributed by atoms with Gasteiger partial charge in [-0.1, -0.05) is 27.7 Å². The molecule has 1 aromatic heterocycles. The van der Waals surface area contributed by atoms with E-state index in [0.29, 0.717) is 0 Å². The largest absolute Gasteiger partial charge is 0.512 e. The summed E-state index contributed by atoms with van der Waals surface area (Å²) in [5.74, 6) is 0.547. The van der Waals surface area contributed by atoms with Crippen LogP contribution in [0.5, 0.6) is 0 Å². The molecular weight excluding hydrogens is 918 g/mol. The third-order valence-corrected chi connectivity index (χ3v) is 12.9. The Kier molecular flexibility index (Phi) is 14.6. The van der Waals surface area contributed by atoms with Crippen molar-refractivity contribution in [1.82, 2.24) is 4.98 Å². The molecule has 0 spiro atoms. The number of benzene rings is 5. The first-order valence-electron chi connectivity index (χ1n) is 18.0. The molecule has 0 saturated heterocycles. The topological polar surface area (TPSA) is 50.2 Å². The summed E-state index contributed by atoms with van der Waals surface area (Å²) < 4.78 is 2.66. The molecule has 51 heavy (non-hydrogen) atoms. The molecule has 6 rings (SSSR count). The Bertz CT molecular complexity index is 2060. The van der Waals surface area contributed by atoms with Gasteiger partial charge in [-0.3, -0.25) is 4.79 Å². The number of allylic oxidation sites excluding steroid dienone is 2. The molecule has 267 valence electrons. The van der Waals surface area contributed by atoms with Crippen molar-refractivity contribution < 1.29 is 30.0 Å². The van der Waals surface area contributed by atoms with Crippen molar-refractivity contribution in [3.05, 3.63) is 127 Å². The number of aromatic nitrogens is 1. The number of nitrogens with zero attached hydrogens (tertiary/aromatic N) is 1. The van der Waals surface area contributed by atoms with Crippen LogP contribution < -0.4 is 0 Å². The molecule has 0 saturated carbocycles. The first kappa shape index (κ1) is 40.4. The summed E-state index contributed by atoms with van der Waals surface area (Å²) in [7, 11) is 0. The van der Waals surface area contributed by atoms with E-state index >= 15 is 0 Å². The second kappa shape index (κ2) is 18.4. The number of ketones is 1. The number of fused-ring (bicyclic) bond motifs is 2. The monoisotopic (exact) mass is 971 g/mol. The molecule has 1 heterocycles. The summed E-state index contributed by atoms with van der Waals surface area (Å²) in [5.41, 5.74) is 8.80. The van der Waals surface area contributed by atoms with Crippen LogP contribution in [0.1, 0.15) is 79.7 Å². The second-order valence-corrected chi connectivity index (χ2v) is 16.9. The molecule has 5 aromatic carbocycles. The molecule has 0 fully saturated rings. The van der Waals surface area contributed by atoms with Gasteiger partial charge < -0.3 is 5.11 Å². The fourth-order valence-corrected chi connectivity index (χ4v) is 9.57. The van der Waals surface area contributed by atoms with E-state index in [0.717, 1.165) is 36.8 Å². The van der Waals surface area contributed by atoms with Crippen LogP contribution >= 0.6 is 0 Å². The Morgan fingerprint density at radius 3 is 1.98 bits per heavy atom. The van der Waals surface area contributed by atoms with Crippen molar-refractivity contribution in [1.29, 1.82) is 0 Å². The Morgan fingerprint density at radius 2 is 1.35 bits per heavy atom.